The Morgan fingerprint density at radius 2 is 1.75 bits per heavy atom. The summed E-state index contributed by atoms with van der Waals surface area (Å²) in [5, 5.41) is 0. The summed E-state index contributed by atoms with van der Waals surface area (Å²) in [6.45, 7) is 0. The van der Waals surface area contributed by atoms with E-state index in [1.54, 1.807) is 12.8 Å². The summed E-state index contributed by atoms with van der Waals surface area (Å²) in [5.41, 5.74) is 0. The summed E-state index contributed by atoms with van der Waals surface area (Å²) in [6, 6.07) is 0. The van der Waals surface area contributed by atoms with Crippen LogP contribution in [0, 0.1) is 0 Å². The molecule has 3 radical (unpaired) electrons. The quantitative estimate of drug-likeness (QED) is 0.555. The van der Waals surface area contributed by atoms with Crippen LogP contribution < -0.4 is 0 Å². The van der Waals surface area contributed by atoms with Gasteiger partial charge in [0.25, 0.3) is 0 Å². The molecule has 21 valence electrons. The Morgan fingerprint density at radius 1 is 1.50 bits per heavy atom. The summed E-state index contributed by atoms with van der Waals surface area (Å²) in [5.74, 6) is 0. The Morgan fingerprint density at radius 3 is 1.75 bits per heavy atom. The number of hydrogen-bond donors (Lipinski definition) is 0. The fourth-order valence-electron chi connectivity index (χ4n) is 0.0833. The van der Waals surface area contributed by atoms with Crippen molar-refractivity contribution >= 4 is 25.8 Å². The third kappa shape index (κ3) is 0.702. The second-order valence-electron chi connectivity index (χ2n) is 1.27. The van der Waals surface area contributed by atoms with Crippen molar-refractivity contribution in [2.75, 3.05) is 0 Å². The molecule has 0 aliphatic heterocycles. The third-order valence-corrected chi connectivity index (χ3v) is 2.82. The van der Waals surface area contributed by atoms with E-state index in [0.29, 0.717) is 0 Å². The summed E-state index contributed by atoms with van der Waals surface area (Å²) in [4.78, 5) is 0. The van der Waals surface area contributed by atoms with Gasteiger partial charge in [-0.15, -0.1) is 0 Å². The SMILES string of the molecule is [Pb][CH]1CC1. The zero-order valence-electron chi connectivity index (χ0n) is 2.49. The van der Waals surface area contributed by atoms with E-state index in [0.717, 1.165) is 0 Å². The van der Waals surface area contributed by atoms with Crippen LogP contribution in [0.1, 0.15) is 12.8 Å². The molecule has 1 heteroatoms. The van der Waals surface area contributed by atoms with Crippen LogP contribution in [0.4, 0.5) is 0 Å². The number of hydrogen-bond acceptors (Lipinski definition) is 0. The van der Waals surface area contributed by atoms with E-state index >= 15 is 0 Å². The summed E-state index contributed by atoms with van der Waals surface area (Å²) in [7, 11) is 0. The van der Waals surface area contributed by atoms with Crippen molar-refractivity contribution < 1.29 is 0 Å². The van der Waals surface area contributed by atoms with Crippen LogP contribution in [0.15, 0.2) is 0 Å². The molecule has 0 N–H and O–H groups in total. The first-order valence-corrected chi connectivity index (χ1v) is 3.85. The molecule has 0 nitrogen and oxygen atoms in total. The first-order valence-electron chi connectivity index (χ1n) is 1.61. The topological polar surface area (TPSA) is 0 Å². The van der Waals surface area contributed by atoms with Crippen LogP contribution in [0.2, 0.25) is 3.48 Å². The van der Waals surface area contributed by atoms with Crippen molar-refractivity contribution in [1.82, 2.24) is 0 Å². The molecule has 0 saturated heterocycles. The van der Waals surface area contributed by atoms with Crippen LogP contribution in [-0.2, 0) is 0 Å². The van der Waals surface area contributed by atoms with Gasteiger partial charge < -0.3 is 0 Å². The van der Waals surface area contributed by atoms with Gasteiger partial charge in [0, 0.05) is 0 Å². The minimum absolute atomic E-state index is 1.22. The molecule has 1 rings (SSSR count). The number of rotatable bonds is 0. The molecule has 4 heavy (non-hydrogen) atoms. The first kappa shape index (κ1) is 3.13. The van der Waals surface area contributed by atoms with Gasteiger partial charge in [-0.1, -0.05) is 0 Å². The molecule has 1 aliphatic rings. The molecule has 1 aliphatic carbocycles. The molecular weight excluding hydrogens is 243 g/mol. The second-order valence-corrected chi connectivity index (χ2v) is 4.45. The normalized spacial score (nSPS) is 26.2. The predicted molar refractivity (Wildman–Crippen MR) is 18.7 cm³/mol. The minimum atomic E-state index is 1.22. The maximum atomic E-state index is 1.55. The molecule has 0 atom stereocenters. The van der Waals surface area contributed by atoms with Gasteiger partial charge in [0.15, 0.2) is 0 Å². The molecule has 0 heterocycles. The standard InChI is InChI=1S/C3H5.Pb/c1-2-3-1;/h1H,2-3H2;. The van der Waals surface area contributed by atoms with Gasteiger partial charge in [0.1, 0.15) is 0 Å². The summed E-state index contributed by atoms with van der Waals surface area (Å²) >= 11 is 1.46. The molecule has 0 amide bonds. The summed E-state index contributed by atoms with van der Waals surface area (Å²) in [6.07, 6.45) is 3.10. The predicted octanol–water partition coefficient (Wildman–Crippen LogP) is 0.737. The Labute approximate surface area is 42.3 Å². The van der Waals surface area contributed by atoms with Gasteiger partial charge in [-0.25, -0.2) is 0 Å². The average Bonchev–Trinajstić information content (AvgIpc) is 1.75. The van der Waals surface area contributed by atoms with E-state index in [1.807, 2.05) is 0 Å². The van der Waals surface area contributed by atoms with E-state index in [4.69, 9.17) is 0 Å². The zero-order chi connectivity index (χ0) is 2.99. The Hall–Kier alpha value is 0.922. The fraction of sp³-hybridized carbons (Fsp3) is 1.00. The van der Waals surface area contributed by atoms with Gasteiger partial charge in [0.05, 0.1) is 0 Å². The van der Waals surface area contributed by atoms with Crippen LogP contribution in [0.25, 0.3) is 0 Å². The van der Waals surface area contributed by atoms with Gasteiger partial charge in [-0.3, -0.25) is 0 Å². The Bertz CT molecular complexity index is 22.5. The molecule has 0 aromatic heterocycles. The third-order valence-electron chi connectivity index (χ3n) is 0.577. The molecule has 0 aromatic carbocycles. The van der Waals surface area contributed by atoms with Gasteiger partial charge in [-0.2, -0.15) is 0 Å². The van der Waals surface area contributed by atoms with E-state index in [2.05, 4.69) is 0 Å². The molecule has 0 bridgehead atoms. The van der Waals surface area contributed by atoms with Crippen LogP contribution in [-0.4, -0.2) is 25.8 Å². The Kier molecular flexibility index (Phi) is 0.746. The Balaban J connectivity index is 2.17. The van der Waals surface area contributed by atoms with Crippen LogP contribution in [0.5, 0.6) is 0 Å². The molecule has 0 aromatic rings. The first-order chi connectivity index (χ1) is 1.89. The van der Waals surface area contributed by atoms with Gasteiger partial charge in [0.2, 0.25) is 0 Å². The van der Waals surface area contributed by atoms with E-state index in [-0.39, 0.29) is 0 Å². The van der Waals surface area contributed by atoms with E-state index in [1.165, 1.54) is 29.2 Å². The molecule has 0 spiro atoms. The molecule has 1 fully saturated rings. The van der Waals surface area contributed by atoms with Crippen molar-refractivity contribution in [3.63, 3.8) is 0 Å². The molecular formula is C3H5Pb. The van der Waals surface area contributed by atoms with Crippen molar-refractivity contribution in [2.45, 2.75) is 16.3 Å². The van der Waals surface area contributed by atoms with Gasteiger partial charge in [-0.05, 0) is 0 Å². The molecule has 0 unspecified atom stereocenters. The average molecular weight is 248 g/mol. The van der Waals surface area contributed by atoms with Crippen molar-refractivity contribution in [1.29, 1.82) is 0 Å². The van der Waals surface area contributed by atoms with Crippen molar-refractivity contribution in [2.24, 2.45) is 0 Å². The van der Waals surface area contributed by atoms with E-state index < -0.39 is 0 Å². The fourth-order valence-corrected chi connectivity index (χ4v) is 0.731. The van der Waals surface area contributed by atoms with E-state index in [9.17, 15) is 0 Å². The molecule has 1 saturated carbocycles. The van der Waals surface area contributed by atoms with Crippen LogP contribution in [0.3, 0.4) is 0 Å². The summed E-state index contributed by atoms with van der Waals surface area (Å²) < 4.78 is 1.22. The van der Waals surface area contributed by atoms with Gasteiger partial charge >= 0.3 is 42.1 Å². The van der Waals surface area contributed by atoms with Crippen molar-refractivity contribution in [3.8, 4) is 0 Å². The van der Waals surface area contributed by atoms with Crippen LogP contribution >= 0.6 is 0 Å². The maximum absolute atomic E-state index is 1.55. The second kappa shape index (κ2) is 0.955. The monoisotopic (exact) mass is 249 g/mol. The zero-order valence-corrected chi connectivity index (χ0v) is 6.38. The van der Waals surface area contributed by atoms with Crippen molar-refractivity contribution in [3.05, 3.63) is 0 Å².